The van der Waals surface area contributed by atoms with Gasteiger partial charge in [-0.3, -0.25) is 0 Å². The standard InChI is InChI=1S/C3H5BrS/c4-2-1-3-5/h1-2,5H,3H2/b2-1-. The zero-order valence-electron chi connectivity index (χ0n) is 2.69. The van der Waals surface area contributed by atoms with Gasteiger partial charge in [-0.1, -0.05) is 22.0 Å². The van der Waals surface area contributed by atoms with Crippen molar-refractivity contribution in [2.45, 2.75) is 0 Å². The van der Waals surface area contributed by atoms with Gasteiger partial charge in [0.1, 0.15) is 0 Å². The van der Waals surface area contributed by atoms with Crippen molar-refractivity contribution in [3.63, 3.8) is 0 Å². The van der Waals surface area contributed by atoms with Gasteiger partial charge in [0.05, 0.1) is 0 Å². The van der Waals surface area contributed by atoms with E-state index in [2.05, 4.69) is 28.6 Å². The van der Waals surface area contributed by atoms with Crippen LogP contribution in [0.2, 0.25) is 0 Å². The summed E-state index contributed by atoms with van der Waals surface area (Å²) in [6.07, 6.45) is 1.91. The minimum atomic E-state index is 0.811. The first-order chi connectivity index (χ1) is 2.41. The van der Waals surface area contributed by atoms with E-state index in [9.17, 15) is 0 Å². The third-order valence-electron chi connectivity index (χ3n) is 0.194. The maximum absolute atomic E-state index is 3.88. The zero-order chi connectivity index (χ0) is 4.12. The van der Waals surface area contributed by atoms with Crippen LogP contribution in [0.25, 0.3) is 0 Å². The van der Waals surface area contributed by atoms with E-state index in [1.165, 1.54) is 0 Å². The summed E-state index contributed by atoms with van der Waals surface area (Å²) in [5, 5.41) is 0. The van der Waals surface area contributed by atoms with Gasteiger partial charge in [-0.2, -0.15) is 12.6 Å². The van der Waals surface area contributed by atoms with E-state index in [-0.39, 0.29) is 0 Å². The Morgan fingerprint density at radius 1 is 1.80 bits per heavy atom. The molecule has 0 aliphatic carbocycles. The van der Waals surface area contributed by atoms with Gasteiger partial charge in [0.2, 0.25) is 0 Å². The quantitative estimate of drug-likeness (QED) is 0.546. The Labute approximate surface area is 45.8 Å². The Hall–Kier alpha value is 0.570. The van der Waals surface area contributed by atoms with Crippen molar-refractivity contribution in [3.8, 4) is 0 Å². The second kappa shape index (κ2) is 4.57. The SMILES string of the molecule is SC/C=C\Br. The summed E-state index contributed by atoms with van der Waals surface area (Å²) >= 11 is 6.96. The fourth-order valence-corrected chi connectivity index (χ4v) is 0.621. The van der Waals surface area contributed by atoms with Crippen LogP contribution in [0.4, 0.5) is 0 Å². The van der Waals surface area contributed by atoms with E-state index in [1.54, 1.807) is 4.99 Å². The first-order valence-electron chi connectivity index (χ1n) is 1.28. The van der Waals surface area contributed by atoms with Gasteiger partial charge in [0.15, 0.2) is 0 Å². The third kappa shape index (κ3) is 4.57. The minimum absolute atomic E-state index is 0.811. The van der Waals surface area contributed by atoms with E-state index in [1.807, 2.05) is 6.08 Å². The van der Waals surface area contributed by atoms with Crippen LogP contribution in [-0.4, -0.2) is 5.75 Å². The van der Waals surface area contributed by atoms with Gasteiger partial charge in [0, 0.05) is 5.75 Å². The summed E-state index contributed by atoms with van der Waals surface area (Å²) in [6.45, 7) is 0. The van der Waals surface area contributed by atoms with E-state index in [4.69, 9.17) is 0 Å². The van der Waals surface area contributed by atoms with Crippen molar-refractivity contribution < 1.29 is 0 Å². The van der Waals surface area contributed by atoms with Crippen LogP contribution in [0, 0.1) is 0 Å². The number of rotatable bonds is 1. The molecule has 0 aromatic rings. The average Bonchev–Trinajstić information content (AvgIpc) is 1.41. The summed E-state index contributed by atoms with van der Waals surface area (Å²) < 4.78 is 0. The molecule has 0 atom stereocenters. The van der Waals surface area contributed by atoms with Gasteiger partial charge >= 0.3 is 0 Å². The van der Waals surface area contributed by atoms with E-state index < -0.39 is 0 Å². The summed E-state index contributed by atoms with van der Waals surface area (Å²) in [5.41, 5.74) is 0. The van der Waals surface area contributed by atoms with Crippen molar-refractivity contribution in [2.24, 2.45) is 0 Å². The van der Waals surface area contributed by atoms with Gasteiger partial charge in [-0.05, 0) is 4.99 Å². The molecule has 0 aliphatic heterocycles. The fourth-order valence-electron chi connectivity index (χ4n) is 0.0398. The highest BCUT2D eigenvalue weighted by atomic mass is 79.9. The van der Waals surface area contributed by atoms with Crippen LogP contribution < -0.4 is 0 Å². The Morgan fingerprint density at radius 2 is 2.40 bits per heavy atom. The summed E-state index contributed by atoms with van der Waals surface area (Å²) in [7, 11) is 0. The Kier molecular flexibility index (Phi) is 5.09. The van der Waals surface area contributed by atoms with Crippen molar-refractivity contribution in [1.82, 2.24) is 0 Å². The molecule has 0 bridgehead atoms. The molecule has 0 spiro atoms. The molecule has 0 fully saturated rings. The number of hydrogen-bond acceptors (Lipinski definition) is 1. The largest absolute Gasteiger partial charge is 0.175 e. The Morgan fingerprint density at radius 3 is 2.40 bits per heavy atom. The molecule has 30 valence electrons. The van der Waals surface area contributed by atoms with Crippen LogP contribution >= 0.6 is 28.6 Å². The first kappa shape index (κ1) is 5.57. The zero-order valence-corrected chi connectivity index (χ0v) is 5.17. The normalized spacial score (nSPS) is 10.0. The van der Waals surface area contributed by atoms with Crippen molar-refractivity contribution in [1.29, 1.82) is 0 Å². The first-order valence-corrected chi connectivity index (χ1v) is 2.82. The molecular weight excluding hydrogens is 148 g/mol. The molecular formula is C3H5BrS. The molecule has 0 aliphatic rings. The molecule has 2 heteroatoms. The van der Waals surface area contributed by atoms with Crippen LogP contribution in [0.3, 0.4) is 0 Å². The second-order valence-electron chi connectivity index (χ2n) is 0.544. The number of hydrogen-bond donors (Lipinski definition) is 1. The molecule has 0 amide bonds. The fraction of sp³-hybridized carbons (Fsp3) is 0.333. The molecule has 0 nitrogen and oxygen atoms in total. The molecule has 5 heavy (non-hydrogen) atoms. The molecule has 0 unspecified atom stereocenters. The molecule has 0 saturated heterocycles. The average molecular weight is 153 g/mol. The lowest BCUT2D eigenvalue weighted by molar-refractivity contribution is 1.84. The maximum Gasteiger partial charge on any atom is 0.00907 e. The number of thiol groups is 1. The lowest BCUT2D eigenvalue weighted by Crippen LogP contribution is -1.49. The highest BCUT2D eigenvalue weighted by Gasteiger charge is 1.54. The van der Waals surface area contributed by atoms with Crippen molar-refractivity contribution in [2.75, 3.05) is 5.75 Å². The van der Waals surface area contributed by atoms with Crippen molar-refractivity contribution >= 4 is 28.6 Å². The predicted molar refractivity (Wildman–Crippen MR) is 31.9 cm³/mol. The van der Waals surface area contributed by atoms with E-state index in [0.29, 0.717) is 0 Å². The lowest BCUT2D eigenvalue weighted by Gasteiger charge is -1.63. The van der Waals surface area contributed by atoms with Crippen LogP contribution in [-0.2, 0) is 0 Å². The number of halogens is 1. The highest BCUT2D eigenvalue weighted by molar-refractivity contribution is 9.11. The van der Waals surface area contributed by atoms with Gasteiger partial charge in [-0.25, -0.2) is 0 Å². The van der Waals surface area contributed by atoms with Gasteiger partial charge in [-0.15, -0.1) is 0 Å². The van der Waals surface area contributed by atoms with Crippen molar-refractivity contribution in [3.05, 3.63) is 11.1 Å². The molecule has 0 aromatic heterocycles. The van der Waals surface area contributed by atoms with Crippen LogP contribution in [0.1, 0.15) is 0 Å². The summed E-state index contributed by atoms with van der Waals surface area (Å²) in [5.74, 6) is 0.811. The molecule has 0 rings (SSSR count). The summed E-state index contributed by atoms with van der Waals surface area (Å²) in [6, 6.07) is 0. The van der Waals surface area contributed by atoms with Gasteiger partial charge < -0.3 is 0 Å². The molecule has 0 saturated carbocycles. The van der Waals surface area contributed by atoms with Crippen LogP contribution in [0.5, 0.6) is 0 Å². The molecule has 0 N–H and O–H groups in total. The second-order valence-corrected chi connectivity index (χ2v) is 1.44. The monoisotopic (exact) mass is 152 g/mol. The van der Waals surface area contributed by atoms with E-state index >= 15 is 0 Å². The Bertz CT molecular complexity index is 33.9. The highest BCUT2D eigenvalue weighted by Crippen LogP contribution is 1.82. The smallest absolute Gasteiger partial charge is 0.00907 e. The Balaban J connectivity index is 2.62. The molecule has 0 aromatic carbocycles. The molecule has 0 heterocycles. The maximum atomic E-state index is 3.88. The summed E-state index contributed by atoms with van der Waals surface area (Å²) in [4.78, 5) is 1.79. The van der Waals surface area contributed by atoms with Crippen LogP contribution in [0.15, 0.2) is 11.1 Å². The topological polar surface area (TPSA) is 0 Å². The third-order valence-corrected chi connectivity index (χ3v) is 0.779. The predicted octanol–water partition coefficient (Wildman–Crippen LogP) is 1.82. The minimum Gasteiger partial charge on any atom is -0.175 e. The molecule has 0 radical (unpaired) electrons. The van der Waals surface area contributed by atoms with Gasteiger partial charge in [0.25, 0.3) is 0 Å². The lowest BCUT2D eigenvalue weighted by atomic mass is 10.8. The van der Waals surface area contributed by atoms with E-state index in [0.717, 1.165) is 5.75 Å².